The van der Waals surface area contributed by atoms with Gasteiger partial charge in [-0.1, -0.05) is 22.0 Å². The standard InChI is InChI=1S/C9H8BrFN4/c1-6(15-5-12-13-14-15)8-3-2-7(10)4-9(8)11/h2-6H,1H3. The van der Waals surface area contributed by atoms with Gasteiger partial charge >= 0.3 is 0 Å². The third-order valence-corrected chi connectivity index (χ3v) is 2.67. The fourth-order valence-corrected chi connectivity index (χ4v) is 1.66. The maximum Gasteiger partial charge on any atom is 0.138 e. The van der Waals surface area contributed by atoms with Crippen molar-refractivity contribution in [2.45, 2.75) is 13.0 Å². The Bertz CT molecular complexity index is 457. The van der Waals surface area contributed by atoms with E-state index in [1.807, 2.05) is 6.92 Å². The van der Waals surface area contributed by atoms with E-state index in [1.165, 1.54) is 17.1 Å². The Hall–Kier alpha value is -1.30. The zero-order chi connectivity index (χ0) is 10.8. The van der Waals surface area contributed by atoms with E-state index in [0.29, 0.717) is 10.0 Å². The minimum absolute atomic E-state index is 0.215. The lowest BCUT2D eigenvalue weighted by atomic mass is 10.1. The van der Waals surface area contributed by atoms with Gasteiger partial charge in [-0.15, -0.1) is 5.10 Å². The highest BCUT2D eigenvalue weighted by Crippen LogP contribution is 2.22. The molecule has 0 radical (unpaired) electrons. The Labute approximate surface area is 94.2 Å². The smallest absolute Gasteiger partial charge is 0.138 e. The second-order valence-corrected chi connectivity index (χ2v) is 4.05. The van der Waals surface area contributed by atoms with E-state index in [0.717, 1.165) is 0 Å². The minimum Gasteiger partial charge on any atom is -0.225 e. The molecule has 0 spiro atoms. The zero-order valence-electron chi connectivity index (χ0n) is 7.93. The molecule has 1 heterocycles. The third-order valence-electron chi connectivity index (χ3n) is 2.17. The quantitative estimate of drug-likeness (QED) is 0.840. The first kappa shape index (κ1) is 10.2. The van der Waals surface area contributed by atoms with Crippen LogP contribution in [0.2, 0.25) is 0 Å². The van der Waals surface area contributed by atoms with Crippen LogP contribution in [0.25, 0.3) is 0 Å². The van der Waals surface area contributed by atoms with Crippen molar-refractivity contribution >= 4 is 15.9 Å². The van der Waals surface area contributed by atoms with Crippen LogP contribution < -0.4 is 0 Å². The maximum atomic E-state index is 13.6. The summed E-state index contributed by atoms with van der Waals surface area (Å²) < 4.78 is 15.8. The van der Waals surface area contributed by atoms with E-state index in [1.54, 1.807) is 12.1 Å². The molecule has 4 nitrogen and oxygen atoms in total. The van der Waals surface area contributed by atoms with Gasteiger partial charge in [-0.3, -0.25) is 0 Å². The molecule has 0 saturated carbocycles. The van der Waals surface area contributed by atoms with E-state index in [2.05, 4.69) is 31.5 Å². The van der Waals surface area contributed by atoms with Crippen molar-refractivity contribution in [1.82, 2.24) is 20.2 Å². The molecule has 1 aromatic heterocycles. The molecule has 2 aromatic rings. The highest BCUT2D eigenvalue weighted by Gasteiger charge is 2.13. The van der Waals surface area contributed by atoms with Crippen LogP contribution in [0.4, 0.5) is 4.39 Å². The molecule has 78 valence electrons. The van der Waals surface area contributed by atoms with Gasteiger partial charge < -0.3 is 0 Å². The first-order chi connectivity index (χ1) is 7.18. The van der Waals surface area contributed by atoms with Gasteiger partial charge in [-0.2, -0.15) is 0 Å². The lowest BCUT2D eigenvalue weighted by molar-refractivity contribution is 0.508. The van der Waals surface area contributed by atoms with Crippen LogP contribution in [0.5, 0.6) is 0 Å². The van der Waals surface area contributed by atoms with Gasteiger partial charge in [0.2, 0.25) is 0 Å². The second kappa shape index (κ2) is 4.06. The molecule has 15 heavy (non-hydrogen) atoms. The molecule has 1 atom stereocenters. The number of hydrogen-bond donors (Lipinski definition) is 0. The molecule has 2 rings (SSSR count). The lowest BCUT2D eigenvalue weighted by Crippen LogP contribution is -2.09. The summed E-state index contributed by atoms with van der Waals surface area (Å²) in [6, 6.07) is 4.72. The Kier molecular flexibility index (Phi) is 2.77. The molecular formula is C9H8BrFN4. The first-order valence-corrected chi connectivity index (χ1v) is 5.15. The Morgan fingerprint density at radius 1 is 1.47 bits per heavy atom. The number of tetrazole rings is 1. The average Bonchev–Trinajstić information content (AvgIpc) is 2.69. The summed E-state index contributed by atoms with van der Waals surface area (Å²) in [6.45, 7) is 1.84. The largest absolute Gasteiger partial charge is 0.225 e. The number of benzene rings is 1. The molecule has 0 bridgehead atoms. The molecule has 0 fully saturated rings. The van der Waals surface area contributed by atoms with Crippen LogP contribution in [-0.4, -0.2) is 20.2 Å². The van der Waals surface area contributed by atoms with Crippen molar-refractivity contribution in [2.75, 3.05) is 0 Å². The number of nitrogens with zero attached hydrogens (tertiary/aromatic N) is 4. The first-order valence-electron chi connectivity index (χ1n) is 4.36. The second-order valence-electron chi connectivity index (χ2n) is 3.13. The van der Waals surface area contributed by atoms with E-state index < -0.39 is 0 Å². The molecule has 0 N–H and O–H groups in total. The van der Waals surface area contributed by atoms with Gasteiger partial charge in [0, 0.05) is 10.0 Å². The van der Waals surface area contributed by atoms with Gasteiger partial charge in [-0.25, -0.2) is 9.07 Å². The Morgan fingerprint density at radius 2 is 2.27 bits per heavy atom. The monoisotopic (exact) mass is 270 g/mol. The van der Waals surface area contributed by atoms with Crippen molar-refractivity contribution in [3.63, 3.8) is 0 Å². The summed E-state index contributed by atoms with van der Waals surface area (Å²) in [4.78, 5) is 0. The normalized spacial score (nSPS) is 12.7. The number of hydrogen-bond acceptors (Lipinski definition) is 3. The summed E-state index contributed by atoms with van der Waals surface area (Å²) in [5.41, 5.74) is 0.561. The summed E-state index contributed by atoms with van der Waals surface area (Å²) in [5.74, 6) is -0.271. The summed E-state index contributed by atoms with van der Waals surface area (Å²) in [7, 11) is 0. The minimum atomic E-state index is -0.271. The number of halogens is 2. The predicted octanol–water partition coefficient (Wildman–Crippen LogP) is 2.18. The van der Waals surface area contributed by atoms with Crippen molar-refractivity contribution in [2.24, 2.45) is 0 Å². The summed E-state index contributed by atoms with van der Waals surface area (Å²) >= 11 is 3.21. The van der Waals surface area contributed by atoms with E-state index in [4.69, 9.17) is 0 Å². The summed E-state index contributed by atoms with van der Waals surface area (Å²) in [6.07, 6.45) is 1.46. The molecule has 1 aromatic carbocycles. The van der Waals surface area contributed by atoms with Gasteiger partial charge in [0.05, 0.1) is 6.04 Å². The number of rotatable bonds is 2. The van der Waals surface area contributed by atoms with Gasteiger partial charge in [-0.05, 0) is 29.5 Å². The lowest BCUT2D eigenvalue weighted by Gasteiger charge is -2.11. The Morgan fingerprint density at radius 3 is 2.87 bits per heavy atom. The van der Waals surface area contributed by atoms with Crippen LogP contribution in [0.1, 0.15) is 18.5 Å². The molecule has 6 heteroatoms. The average molecular weight is 271 g/mol. The van der Waals surface area contributed by atoms with Crippen LogP contribution >= 0.6 is 15.9 Å². The van der Waals surface area contributed by atoms with Gasteiger partial charge in [0.25, 0.3) is 0 Å². The van der Waals surface area contributed by atoms with Crippen molar-refractivity contribution in [1.29, 1.82) is 0 Å². The molecule has 0 amide bonds. The Balaban J connectivity index is 2.38. The van der Waals surface area contributed by atoms with E-state index in [9.17, 15) is 4.39 Å². The van der Waals surface area contributed by atoms with Crippen LogP contribution in [0, 0.1) is 5.82 Å². The van der Waals surface area contributed by atoms with E-state index in [-0.39, 0.29) is 11.9 Å². The van der Waals surface area contributed by atoms with Gasteiger partial charge in [0.15, 0.2) is 0 Å². The van der Waals surface area contributed by atoms with Crippen LogP contribution in [0.15, 0.2) is 29.0 Å². The molecular weight excluding hydrogens is 263 g/mol. The molecule has 0 aliphatic heterocycles. The molecule has 1 unspecified atom stereocenters. The molecule has 0 aliphatic rings. The van der Waals surface area contributed by atoms with Crippen LogP contribution in [-0.2, 0) is 0 Å². The van der Waals surface area contributed by atoms with Crippen molar-refractivity contribution in [3.05, 3.63) is 40.4 Å². The van der Waals surface area contributed by atoms with Crippen molar-refractivity contribution in [3.8, 4) is 0 Å². The van der Waals surface area contributed by atoms with Crippen molar-refractivity contribution < 1.29 is 4.39 Å². The third kappa shape index (κ3) is 2.04. The highest BCUT2D eigenvalue weighted by molar-refractivity contribution is 9.10. The highest BCUT2D eigenvalue weighted by atomic mass is 79.9. The van der Waals surface area contributed by atoms with E-state index >= 15 is 0 Å². The molecule has 0 saturated heterocycles. The summed E-state index contributed by atoms with van der Waals surface area (Å²) in [5, 5.41) is 10.8. The van der Waals surface area contributed by atoms with Crippen LogP contribution in [0.3, 0.4) is 0 Å². The fraction of sp³-hybridized carbons (Fsp3) is 0.222. The molecule has 0 aliphatic carbocycles. The topological polar surface area (TPSA) is 43.6 Å². The number of aromatic nitrogens is 4. The SMILES string of the molecule is CC(c1ccc(Br)cc1F)n1cnnn1. The maximum absolute atomic E-state index is 13.6. The zero-order valence-corrected chi connectivity index (χ0v) is 9.52. The fourth-order valence-electron chi connectivity index (χ4n) is 1.33. The van der Waals surface area contributed by atoms with Gasteiger partial charge in [0.1, 0.15) is 12.1 Å². The predicted molar refractivity (Wildman–Crippen MR) is 55.7 cm³/mol.